The van der Waals surface area contributed by atoms with Gasteiger partial charge in [-0.2, -0.15) is 13.2 Å². The highest BCUT2D eigenvalue weighted by atomic mass is 19.4. The van der Waals surface area contributed by atoms with Gasteiger partial charge in [0.05, 0.1) is 7.11 Å². The Morgan fingerprint density at radius 1 is 1.38 bits per heavy atom. The van der Waals surface area contributed by atoms with Gasteiger partial charge in [-0.3, -0.25) is 0 Å². The maximum Gasteiger partial charge on any atom is 0.414 e. The lowest BCUT2D eigenvalue weighted by molar-refractivity contribution is -0.203. The highest BCUT2D eigenvalue weighted by Crippen LogP contribution is 2.26. The predicted octanol–water partition coefficient (Wildman–Crippen LogP) is 2.30. The van der Waals surface area contributed by atoms with E-state index in [0.29, 0.717) is 0 Å². The topological polar surface area (TPSA) is 29.5 Å². The number of alkyl halides is 3. The fraction of sp³-hybridized carbons (Fsp3) is 0.400. The number of hydrogen-bond donors (Lipinski definition) is 1. The van der Waals surface area contributed by atoms with Crippen molar-refractivity contribution in [2.45, 2.75) is 18.7 Å². The van der Waals surface area contributed by atoms with Gasteiger partial charge < -0.3 is 9.84 Å². The van der Waals surface area contributed by atoms with E-state index in [1.165, 1.54) is 25.3 Å². The fourth-order valence-electron chi connectivity index (χ4n) is 1.20. The summed E-state index contributed by atoms with van der Waals surface area (Å²) >= 11 is 0. The van der Waals surface area contributed by atoms with Gasteiger partial charge in [0.15, 0.2) is 17.7 Å². The van der Waals surface area contributed by atoms with E-state index in [1.807, 2.05) is 0 Å². The number of methoxy groups -OCH3 is 1. The minimum atomic E-state index is -4.75. The molecule has 0 aliphatic carbocycles. The average molecular weight is 238 g/mol. The van der Waals surface area contributed by atoms with Crippen LogP contribution < -0.4 is 4.74 Å². The van der Waals surface area contributed by atoms with Crippen LogP contribution >= 0.6 is 0 Å². The van der Waals surface area contributed by atoms with Crippen molar-refractivity contribution in [3.8, 4) is 5.75 Å². The lowest BCUT2D eigenvalue weighted by atomic mass is 10.1. The lowest BCUT2D eigenvalue weighted by Crippen LogP contribution is -2.30. The third kappa shape index (κ3) is 2.85. The zero-order chi connectivity index (χ0) is 12.3. The summed E-state index contributed by atoms with van der Waals surface area (Å²) < 4.78 is 54.2. The summed E-state index contributed by atoms with van der Waals surface area (Å²) in [6, 6.07) is 3.83. The molecule has 0 aliphatic rings. The normalized spacial score (nSPS) is 13.6. The molecule has 0 spiro atoms. The lowest BCUT2D eigenvalue weighted by Gasteiger charge is -2.15. The zero-order valence-electron chi connectivity index (χ0n) is 8.38. The number of rotatable bonds is 3. The molecule has 16 heavy (non-hydrogen) atoms. The molecule has 1 aromatic rings. The molecule has 0 unspecified atom stereocenters. The van der Waals surface area contributed by atoms with Gasteiger partial charge in [0.2, 0.25) is 0 Å². The summed E-state index contributed by atoms with van der Waals surface area (Å²) in [5, 5.41) is 8.79. The molecule has 1 rings (SSSR count). The van der Waals surface area contributed by atoms with Crippen LogP contribution in [0, 0.1) is 5.82 Å². The standard InChI is InChI=1S/C10H10F4O2/c1-16-7-4-2-3-6(9(7)11)5-8(15)10(12,13)14/h2-4,8,15H,5H2,1H3/t8-/m0/s1. The van der Waals surface area contributed by atoms with Crippen molar-refractivity contribution in [3.63, 3.8) is 0 Å². The molecule has 1 aromatic carbocycles. The number of halogens is 4. The minimum Gasteiger partial charge on any atom is -0.494 e. The summed E-state index contributed by atoms with van der Waals surface area (Å²) in [5.41, 5.74) is -0.232. The van der Waals surface area contributed by atoms with Crippen molar-refractivity contribution < 1.29 is 27.4 Å². The van der Waals surface area contributed by atoms with Crippen LogP contribution in [0.15, 0.2) is 18.2 Å². The van der Waals surface area contributed by atoms with Gasteiger partial charge in [-0.15, -0.1) is 0 Å². The molecule has 0 saturated heterocycles. The van der Waals surface area contributed by atoms with E-state index in [1.54, 1.807) is 0 Å². The van der Waals surface area contributed by atoms with Gasteiger partial charge in [-0.05, 0) is 11.6 Å². The van der Waals surface area contributed by atoms with Crippen LogP contribution in [-0.2, 0) is 6.42 Å². The van der Waals surface area contributed by atoms with E-state index < -0.39 is 24.5 Å². The van der Waals surface area contributed by atoms with Gasteiger partial charge in [-0.25, -0.2) is 4.39 Å². The number of ether oxygens (including phenoxy) is 1. The molecule has 90 valence electrons. The Morgan fingerprint density at radius 3 is 2.50 bits per heavy atom. The fourth-order valence-corrected chi connectivity index (χ4v) is 1.20. The molecule has 0 aliphatic heterocycles. The Morgan fingerprint density at radius 2 is 2.00 bits per heavy atom. The summed E-state index contributed by atoms with van der Waals surface area (Å²) in [5.74, 6) is -1.03. The van der Waals surface area contributed by atoms with Crippen molar-refractivity contribution in [2.24, 2.45) is 0 Å². The molecule has 1 N–H and O–H groups in total. The smallest absolute Gasteiger partial charge is 0.414 e. The number of aliphatic hydroxyl groups is 1. The number of hydrogen-bond acceptors (Lipinski definition) is 2. The first-order valence-corrected chi connectivity index (χ1v) is 4.42. The first-order valence-electron chi connectivity index (χ1n) is 4.42. The van der Waals surface area contributed by atoms with Gasteiger partial charge in [0, 0.05) is 6.42 Å². The van der Waals surface area contributed by atoms with E-state index in [-0.39, 0.29) is 11.3 Å². The number of aliphatic hydroxyl groups excluding tert-OH is 1. The molecular weight excluding hydrogens is 228 g/mol. The van der Waals surface area contributed by atoms with Crippen molar-refractivity contribution in [2.75, 3.05) is 7.11 Å². The van der Waals surface area contributed by atoms with Crippen molar-refractivity contribution in [1.82, 2.24) is 0 Å². The second kappa shape index (κ2) is 4.69. The van der Waals surface area contributed by atoms with Crippen LogP contribution in [0.5, 0.6) is 5.75 Å². The van der Waals surface area contributed by atoms with Gasteiger partial charge in [-0.1, -0.05) is 12.1 Å². The SMILES string of the molecule is COc1cccc(C[C@H](O)C(F)(F)F)c1F. The Balaban J connectivity index is 2.90. The largest absolute Gasteiger partial charge is 0.494 e. The first kappa shape index (κ1) is 12.8. The Hall–Kier alpha value is -1.30. The highest BCUT2D eigenvalue weighted by molar-refractivity contribution is 5.31. The summed E-state index contributed by atoms with van der Waals surface area (Å²) in [4.78, 5) is 0. The molecule has 0 bridgehead atoms. The van der Waals surface area contributed by atoms with E-state index >= 15 is 0 Å². The molecule has 0 saturated carbocycles. The highest BCUT2D eigenvalue weighted by Gasteiger charge is 2.38. The van der Waals surface area contributed by atoms with Crippen molar-refractivity contribution in [3.05, 3.63) is 29.6 Å². The second-order valence-corrected chi connectivity index (χ2v) is 3.19. The molecular formula is C10H10F4O2. The molecule has 0 aromatic heterocycles. The minimum absolute atomic E-state index is 0.146. The van der Waals surface area contributed by atoms with Crippen molar-refractivity contribution in [1.29, 1.82) is 0 Å². The Labute approximate surface area is 89.5 Å². The quantitative estimate of drug-likeness (QED) is 0.819. The maximum absolute atomic E-state index is 13.4. The predicted molar refractivity (Wildman–Crippen MR) is 48.7 cm³/mol. The monoisotopic (exact) mass is 238 g/mol. The van der Waals surface area contributed by atoms with Gasteiger partial charge in [0.25, 0.3) is 0 Å². The van der Waals surface area contributed by atoms with Gasteiger partial charge in [0.1, 0.15) is 0 Å². The van der Waals surface area contributed by atoms with Crippen LogP contribution in [-0.4, -0.2) is 24.5 Å². The molecule has 0 amide bonds. The van der Waals surface area contributed by atoms with Crippen LogP contribution in [0.25, 0.3) is 0 Å². The molecule has 1 atom stereocenters. The average Bonchev–Trinajstić information content (AvgIpc) is 2.19. The summed E-state index contributed by atoms with van der Waals surface area (Å²) in [7, 11) is 1.21. The molecule has 0 fully saturated rings. The van der Waals surface area contributed by atoms with E-state index in [9.17, 15) is 17.6 Å². The van der Waals surface area contributed by atoms with Crippen LogP contribution in [0.2, 0.25) is 0 Å². The van der Waals surface area contributed by atoms with Gasteiger partial charge >= 0.3 is 6.18 Å². The molecule has 0 heterocycles. The number of benzene rings is 1. The molecule has 2 nitrogen and oxygen atoms in total. The van der Waals surface area contributed by atoms with Crippen LogP contribution in [0.4, 0.5) is 17.6 Å². The third-order valence-corrected chi connectivity index (χ3v) is 2.05. The summed E-state index contributed by atoms with van der Waals surface area (Å²) in [6.07, 6.45) is -8.16. The Bertz CT molecular complexity index is 362. The first-order chi connectivity index (χ1) is 7.36. The van der Waals surface area contributed by atoms with E-state index in [0.717, 1.165) is 0 Å². The molecule has 6 heteroatoms. The maximum atomic E-state index is 13.4. The van der Waals surface area contributed by atoms with E-state index in [2.05, 4.69) is 4.74 Å². The Kier molecular flexibility index (Phi) is 3.74. The summed E-state index contributed by atoms with van der Waals surface area (Å²) in [6.45, 7) is 0. The molecule has 0 radical (unpaired) electrons. The second-order valence-electron chi connectivity index (χ2n) is 3.19. The zero-order valence-corrected chi connectivity index (χ0v) is 8.38. The van der Waals surface area contributed by atoms with E-state index in [4.69, 9.17) is 5.11 Å². The van der Waals surface area contributed by atoms with Crippen molar-refractivity contribution >= 4 is 0 Å². The van der Waals surface area contributed by atoms with Crippen LogP contribution in [0.1, 0.15) is 5.56 Å². The third-order valence-electron chi connectivity index (χ3n) is 2.05. The van der Waals surface area contributed by atoms with Crippen LogP contribution in [0.3, 0.4) is 0 Å².